The molecule has 0 aliphatic carbocycles. The molecule has 6 heteroatoms. The van der Waals surface area contributed by atoms with Gasteiger partial charge >= 0.3 is 0 Å². The SMILES string of the molecule is CCNC(=O)C(C)N(Cc1ccc(F)cc1)C(=O)CSCc1cccc(C)c1. The van der Waals surface area contributed by atoms with Crippen molar-refractivity contribution in [1.29, 1.82) is 0 Å². The summed E-state index contributed by atoms with van der Waals surface area (Å²) in [6.07, 6.45) is 0. The van der Waals surface area contributed by atoms with Gasteiger partial charge in [-0.05, 0) is 44.0 Å². The highest BCUT2D eigenvalue weighted by molar-refractivity contribution is 7.99. The van der Waals surface area contributed by atoms with E-state index < -0.39 is 6.04 Å². The Labute approximate surface area is 170 Å². The molecule has 1 unspecified atom stereocenters. The standard InChI is InChI=1S/C22H27FN2O2S/c1-4-24-22(27)17(3)25(13-18-8-10-20(23)11-9-18)21(26)15-28-14-19-7-5-6-16(2)12-19/h5-12,17H,4,13-15H2,1-3H3,(H,24,27). The van der Waals surface area contributed by atoms with Gasteiger partial charge in [-0.2, -0.15) is 0 Å². The second-order valence-electron chi connectivity index (χ2n) is 6.70. The smallest absolute Gasteiger partial charge is 0.242 e. The van der Waals surface area contributed by atoms with E-state index in [1.807, 2.05) is 32.0 Å². The van der Waals surface area contributed by atoms with Crippen LogP contribution in [-0.2, 0) is 21.9 Å². The van der Waals surface area contributed by atoms with Crippen molar-refractivity contribution < 1.29 is 14.0 Å². The first-order valence-electron chi connectivity index (χ1n) is 9.35. The van der Waals surface area contributed by atoms with Gasteiger partial charge in [-0.3, -0.25) is 9.59 Å². The number of carbonyl (C=O) groups is 2. The van der Waals surface area contributed by atoms with Crippen molar-refractivity contribution in [1.82, 2.24) is 10.2 Å². The summed E-state index contributed by atoms with van der Waals surface area (Å²) in [5.74, 6) is 0.376. The Morgan fingerprint density at radius 3 is 2.50 bits per heavy atom. The van der Waals surface area contributed by atoms with Crippen LogP contribution in [0.1, 0.15) is 30.5 Å². The second kappa shape index (κ2) is 10.9. The third-order valence-corrected chi connectivity index (χ3v) is 5.35. The fraction of sp³-hybridized carbons (Fsp3) is 0.364. The van der Waals surface area contributed by atoms with Crippen molar-refractivity contribution in [3.63, 3.8) is 0 Å². The first-order chi connectivity index (χ1) is 13.4. The van der Waals surface area contributed by atoms with Gasteiger partial charge in [0.15, 0.2) is 0 Å². The Bertz CT molecular complexity index is 795. The second-order valence-corrected chi connectivity index (χ2v) is 7.69. The van der Waals surface area contributed by atoms with Gasteiger partial charge in [0.1, 0.15) is 11.9 Å². The van der Waals surface area contributed by atoms with Crippen molar-refractivity contribution in [3.8, 4) is 0 Å². The molecule has 0 aliphatic rings. The number of likely N-dealkylation sites (N-methyl/N-ethyl adjacent to an activating group) is 1. The summed E-state index contributed by atoms with van der Waals surface area (Å²) < 4.78 is 13.2. The lowest BCUT2D eigenvalue weighted by Gasteiger charge is -2.28. The van der Waals surface area contributed by atoms with E-state index in [-0.39, 0.29) is 29.9 Å². The average molecular weight is 403 g/mol. The summed E-state index contributed by atoms with van der Waals surface area (Å²) >= 11 is 1.52. The lowest BCUT2D eigenvalue weighted by atomic mass is 10.1. The number of halogens is 1. The number of rotatable bonds is 9. The number of aryl methyl sites for hydroxylation is 1. The first-order valence-corrected chi connectivity index (χ1v) is 10.5. The van der Waals surface area contributed by atoms with Crippen LogP contribution < -0.4 is 5.32 Å². The van der Waals surface area contributed by atoms with Gasteiger partial charge < -0.3 is 10.2 Å². The third-order valence-electron chi connectivity index (χ3n) is 4.36. The third kappa shape index (κ3) is 6.68. The van der Waals surface area contributed by atoms with Gasteiger partial charge in [-0.25, -0.2) is 4.39 Å². The van der Waals surface area contributed by atoms with Gasteiger partial charge in [0.2, 0.25) is 11.8 Å². The monoisotopic (exact) mass is 402 g/mol. The molecular formula is C22H27FN2O2S. The van der Waals surface area contributed by atoms with E-state index >= 15 is 0 Å². The van der Waals surface area contributed by atoms with Gasteiger partial charge in [-0.1, -0.05) is 42.0 Å². The van der Waals surface area contributed by atoms with Crippen LogP contribution in [0.25, 0.3) is 0 Å². The molecule has 150 valence electrons. The highest BCUT2D eigenvalue weighted by Crippen LogP contribution is 2.17. The number of thioether (sulfide) groups is 1. The number of nitrogens with one attached hydrogen (secondary N) is 1. The Morgan fingerprint density at radius 1 is 1.14 bits per heavy atom. The van der Waals surface area contributed by atoms with Crippen LogP contribution in [0, 0.1) is 12.7 Å². The van der Waals surface area contributed by atoms with Crippen molar-refractivity contribution in [2.24, 2.45) is 0 Å². The van der Waals surface area contributed by atoms with Crippen LogP contribution in [-0.4, -0.2) is 35.1 Å². The Balaban J connectivity index is 2.04. The van der Waals surface area contributed by atoms with Gasteiger partial charge in [0, 0.05) is 18.8 Å². The molecule has 0 heterocycles. The fourth-order valence-electron chi connectivity index (χ4n) is 2.83. The predicted molar refractivity (Wildman–Crippen MR) is 112 cm³/mol. The molecule has 2 aromatic rings. The molecule has 2 amide bonds. The van der Waals surface area contributed by atoms with Gasteiger partial charge in [-0.15, -0.1) is 11.8 Å². The highest BCUT2D eigenvalue weighted by atomic mass is 32.2. The summed E-state index contributed by atoms with van der Waals surface area (Å²) in [4.78, 5) is 26.7. The molecule has 28 heavy (non-hydrogen) atoms. The molecule has 0 fully saturated rings. The molecule has 0 bridgehead atoms. The van der Waals surface area contributed by atoms with Crippen LogP contribution in [0.2, 0.25) is 0 Å². The van der Waals surface area contributed by atoms with Crippen molar-refractivity contribution in [3.05, 3.63) is 71.0 Å². The van der Waals surface area contributed by atoms with E-state index in [0.29, 0.717) is 6.54 Å². The largest absolute Gasteiger partial charge is 0.355 e. The number of nitrogens with zero attached hydrogens (tertiary/aromatic N) is 1. The summed E-state index contributed by atoms with van der Waals surface area (Å²) in [7, 11) is 0. The number of benzene rings is 2. The molecule has 0 radical (unpaired) electrons. The predicted octanol–water partition coefficient (Wildman–Crippen LogP) is 3.92. The number of carbonyl (C=O) groups excluding carboxylic acids is 2. The van der Waals surface area contributed by atoms with Crippen molar-refractivity contribution >= 4 is 23.6 Å². The van der Waals surface area contributed by atoms with Crippen LogP contribution in [0.3, 0.4) is 0 Å². The van der Waals surface area contributed by atoms with E-state index in [0.717, 1.165) is 11.3 Å². The molecule has 0 spiro atoms. The maximum absolute atomic E-state index is 13.2. The Hall–Kier alpha value is -2.34. The number of amides is 2. The summed E-state index contributed by atoms with van der Waals surface area (Å²) in [5, 5.41) is 2.76. The summed E-state index contributed by atoms with van der Waals surface area (Å²) in [6, 6.07) is 13.6. The minimum Gasteiger partial charge on any atom is -0.355 e. The van der Waals surface area contributed by atoms with Gasteiger partial charge in [0.05, 0.1) is 5.75 Å². The minimum absolute atomic E-state index is 0.110. The molecule has 1 N–H and O–H groups in total. The molecule has 0 aromatic heterocycles. The fourth-order valence-corrected chi connectivity index (χ4v) is 3.69. The molecule has 2 rings (SSSR count). The maximum atomic E-state index is 13.2. The topological polar surface area (TPSA) is 49.4 Å². The Kier molecular flexibility index (Phi) is 8.51. The van der Waals surface area contributed by atoms with E-state index in [1.165, 1.54) is 35.0 Å². The van der Waals surface area contributed by atoms with E-state index in [2.05, 4.69) is 11.4 Å². The molecule has 0 aliphatic heterocycles. The molecule has 1 atom stereocenters. The molecule has 0 saturated heterocycles. The average Bonchev–Trinajstić information content (AvgIpc) is 2.67. The van der Waals surface area contributed by atoms with Crippen molar-refractivity contribution in [2.45, 2.75) is 39.1 Å². The van der Waals surface area contributed by atoms with Crippen LogP contribution in [0.15, 0.2) is 48.5 Å². The molecular weight excluding hydrogens is 375 g/mol. The van der Waals surface area contributed by atoms with E-state index in [9.17, 15) is 14.0 Å². The highest BCUT2D eigenvalue weighted by Gasteiger charge is 2.25. The molecule has 4 nitrogen and oxygen atoms in total. The van der Waals surface area contributed by atoms with Crippen molar-refractivity contribution in [2.75, 3.05) is 12.3 Å². The van der Waals surface area contributed by atoms with Gasteiger partial charge in [0.25, 0.3) is 0 Å². The maximum Gasteiger partial charge on any atom is 0.242 e. The Morgan fingerprint density at radius 2 is 1.86 bits per heavy atom. The lowest BCUT2D eigenvalue weighted by molar-refractivity contribution is -0.138. The van der Waals surface area contributed by atoms with E-state index in [1.54, 1.807) is 24.0 Å². The summed E-state index contributed by atoms with van der Waals surface area (Å²) in [6.45, 7) is 6.37. The lowest BCUT2D eigenvalue weighted by Crippen LogP contribution is -2.48. The molecule has 2 aromatic carbocycles. The van der Waals surface area contributed by atoms with Crippen LogP contribution >= 0.6 is 11.8 Å². The first kappa shape index (κ1) is 22.0. The number of hydrogen-bond donors (Lipinski definition) is 1. The quantitative estimate of drug-likeness (QED) is 0.692. The van der Waals surface area contributed by atoms with Crippen LogP contribution in [0.5, 0.6) is 0 Å². The zero-order valence-corrected chi connectivity index (χ0v) is 17.4. The zero-order chi connectivity index (χ0) is 20.5. The number of hydrogen-bond acceptors (Lipinski definition) is 3. The normalized spacial score (nSPS) is 11.7. The molecule has 0 saturated carbocycles. The van der Waals surface area contributed by atoms with E-state index in [4.69, 9.17) is 0 Å². The zero-order valence-electron chi connectivity index (χ0n) is 16.6. The summed E-state index contributed by atoms with van der Waals surface area (Å²) in [5.41, 5.74) is 3.14. The van der Waals surface area contributed by atoms with Crippen LogP contribution in [0.4, 0.5) is 4.39 Å². The minimum atomic E-state index is -0.600.